The van der Waals surface area contributed by atoms with Gasteiger partial charge in [-0.3, -0.25) is 0 Å². The van der Waals surface area contributed by atoms with Crippen LogP contribution in [-0.2, 0) is 0 Å². The van der Waals surface area contributed by atoms with Gasteiger partial charge in [0.2, 0.25) is 0 Å². The quantitative estimate of drug-likeness (QED) is 0.847. The van der Waals surface area contributed by atoms with Crippen LogP contribution in [0.2, 0.25) is 0 Å². The minimum absolute atomic E-state index is 0.503. The van der Waals surface area contributed by atoms with Gasteiger partial charge in [-0.05, 0) is 31.7 Å². The zero-order chi connectivity index (χ0) is 12.7. The van der Waals surface area contributed by atoms with Gasteiger partial charge in [0.05, 0.1) is 5.39 Å². The van der Waals surface area contributed by atoms with Crippen molar-refractivity contribution in [2.75, 3.05) is 5.73 Å². The predicted octanol–water partition coefficient (Wildman–Crippen LogP) is 3.88. The largest absolute Gasteiger partial charge is 0.383 e. The van der Waals surface area contributed by atoms with E-state index in [0.717, 1.165) is 22.0 Å². The molecule has 0 amide bonds. The normalized spacial score (nSPS) is 24.6. The summed E-state index contributed by atoms with van der Waals surface area (Å²) >= 11 is 1.71. The Labute approximate surface area is 111 Å². The summed E-state index contributed by atoms with van der Waals surface area (Å²) in [4.78, 5) is 11.6. The molecule has 0 aliphatic heterocycles. The minimum atomic E-state index is 0.503. The molecule has 3 rings (SSSR count). The molecule has 1 saturated carbocycles. The summed E-state index contributed by atoms with van der Waals surface area (Å²) in [5.74, 6) is 2.91. The van der Waals surface area contributed by atoms with Gasteiger partial charge in [0.15, 0.2) is 0 Å². The highest BCUT2D eigenvalue weighted by molar-refractivity contribution is 7.18. The number of anilines is 1. The van der Waals surface area contributed by atoms with E-state index in [1.807, 2.05) is 0 Å². The molecule has 2 aromatic rings. The molecule has 1 aliphatic carbocycles. The Morgan fingerprint density at radius 2 is 2.17 bits per heavy atom. The number of hydrogen-bond donors (Lipinski definition) is 1. The fourth-order valence-corrected chi connectivity index (χ4v) is 3.83. The third-order valence-electron chi connectivity index (χ3n) is 3.86. The Morgan fingerprint density at radius 3 is 2.94 bits per heavy atom. The molecule has 2 aromatic heterocycles. The second-order valence-electron chi connectivity index (χ2n) is 5.51. The van der Waals surface area contributed by atoms with Crippen molar-refractivity contribution in [2.45, 2.75) is 45.4 Å². The summed E-state index contributed by atoms with van der Waals surface area (Å²) in [6, 6.07) is 2.09. The number of aryl methyl sites for hydroxylation is 1. The first kappa shape index (κ1) is 11.9. The van der Waals surface area contributed by atoms with Crippen molar-refractivity contribution in [3.05, 3.63) is 16.8 Å². The highest BCUT2D eigenvalue weighted by atomic mass is 32.1. The number of nitrogen functional groups attached to an aromatic ring is 1. The Balaban J connectivity index is 2.01. The predicted molar refractivity (Wildman–Crippen MR) is 76.9 cm³/mol. The third-order valence-corrected chi connectivity index (χ3v) is 4.81. The van der Waals surface area contributed by atoms with E-state index in [9.17, 15) is 0 Å². The van der Waals surface area contributed by atoms with Crippen LogP contribution in [-0.4, -0.2) is 9.97 Å². The maximum Gasteiger partial charge on any atom is 0.135 e. The Hall–Kier alpha value is -1.16. The van der Waals surface area contributed by atoms with Crippen molar-refractivity contribution in [3.63, 3.8) is 0 Å². The lowest BCUT2D eigenvalue weighted by Crippen LogP contribution is -2.14. The van der Waals surface area contributed by atoms with Crippen molar-refractivity contribution < 1.29 is 0 Å². The molecule has 0 saturated heterocycles. The van der Waals surface area contributed by atoms with Crippen molar-refractivity contribution >= 4 is 27.4 Å². The summed E-state index contributed by atoms with van der Waals surface area (Å²) in [6.45, 7) is 4.41. The summed E-state index contributed by atoms with van der Waals surface area (Å²) < 4.78 is 0. The van der Waals surface area contributed by atoms with Crippen LogP contribution in [0.5, 0.6) is 0 Å². The van der Waals surface area contributed by atoms with Crippen LogP contribution >= 0.6 is 11.3 Å². The van der Waals surface area contributed by atoms with Crippen LogP contribution in [0.15, 0.2) is 6.07 Å². The zero-order valence-corrected chi connectivity index (χ0v) is 11.8. The van der Waals surface area contributed by atoms with Crippen LogP contribution < -0.4 is 5.73 Å². The Morgan fingerprint density at radius 1 is 1.33 bits per heavy atom. The highest BCUT2D eigenvalue weighted by Gasteiger charge is 2.23. The number of thiophene rings is 1. The molecule has 1 aliphatic rings. The molecule has 2 atom stereocenters. The van der Waals surface area contributed by atoms with Gasteiger partial charge in [-0.2, -0.15) is 0 Å². The highest BCUT2D eigenvalue weighted by Crippen LogP contribution is 2.36. The second kappa shape index (κ2) is 4.50. The van der Waals surface area contributed by atoms with Gasteiger partial charge in [-0.15, -0.1) is 11.3 Å². The number of aromatic nitrogens is 2. The lowest BCUT2D eigenvalue weighted by Gasteiger charge is -2.25. The van der Waals surface area contributed by atoms with Crippen LogP contribution in [0.4, 0.5) is 5.82 Å². The fraction of sp³-hybridized carbons (Fsp3) is 0.571. The van der Waals surface area contributed by atoms with Crippen molar-refractivity contribution in [3.8, 4) is 0 Å². The van der Waals surface area contributed by atoms with Gasteiger partial charge in [0.25, 0.3) is 0 Å². The van der Waals surface area contributed by atoms with Crippen LogP contribution in [0, 0.1) is 12.8 Å². The molecule has 96 valence electrons. The van der Waals surface area contributed by atoms with Crippen LogP contribution in [0.3, 0.4) is 0 Å². The maximum absolute atomic E-state index is 6.07. The van der Waals surface area contributed by atoms with Crippen LogP contribution in [0.25, 0.3) is 10.2 Å². The summed E-state index contributed by atoms with van der Waals surface area (Å²) in [5, 5.41) is 1.02. The number of nitrogens with zero attached hydrogens (tertiary/aromatic N) is 2. The number of nitrogens with two attached hydrogens (primary N) is 1. The SMILES string of the molecule is Cc1cc2c(N)nc(C3CCCC(C)C3)nc2s1. The van der Waals surface area contributed by atoms with Crippen molar-refractivity contribution in [1.82, 2.24) is 9.97 Å². The fourth-order valence-electron chi connectivity index (χ4n) is 2.93. The van der Waals surface area contributed by atoms with Gasteiger partial charge < -0.3 is 5.73 Å². The zero-order valence-electron chi connectivity index (χ0n) is 10.9. The van der Waals surface area contributed by atoms with E-state index >= 15 is 0 Å². The lowest BCUT2D eigenvalue weighted by molar-refractivity contribution is 0.336. The second-order valence-corrected chi connectivity index (χ2v) is 6.75. The molecule has 4 heteroatoms. The molecular weight excluding hydrogens is 242 g/mol. The standard InChI is InChI=1S/C14H19N3S/c1-8-4-3-5-10(6-8)13-16-12(15)11-7-9(2)18-14(11)17-13/h7-8,10H,3-6H2,1-2H3,(H2,15,16,17). The van der Waals surface area contributed by atoms with Crippen molar-refractivity contribution in [1.29, 1.82) is 0 Å². The molecular formula is C14H19N3S. The molecule has 18 heavy (non-hydrogen) atoms. The topological polar surface area (TPSA) is 51.8 Å². The first-order valence-corrected chi connectivity index (χ1v) is 7.48. The summed E-state index contributed by atoms with van der Waals surface area (Å²) in [6.07, 6.45) is 5.04. The van der Waals surface area contributed by atoms with E-state index < -0.39 is 0 Å². The van der Waals surface area contributed by atoms with E-state index in [1.165, 1.54) is 30.6 Å². The van der Waals surface area contributed by atoms with E-state index in [0.29, 0.717) is 11.7 Å². The number of hydrogen-bond acceptors (Lipinski definition) is 4. The summed E-state index contributed by atoms with van der Waals surface area (Å²) in [5.41, 5.74) is 6.07. The average molecular weight is 261 g/mol. The van der Waals surface area contributed by atoms with Crippen LogP contribution in [0.1, 0.15) is 49.2 Å². The monoisotopic (exact) mass is 261 g/mol. The molecule has 2 unspecified atom stereocenters. The number of fused-ring (bicyclic) bond motifs is 1. The minimum Gasteiger partial charge on any atom is -0.383 e. The molecule has 3 nitrogen and oxygen atoms in total. The van der Waals surface area contributed by atoms with E-state index in [2.05, 4.69) is 24.9 Å². The van der Waals surface area contributed by atoms with Gasteiger partial charge in [0.1, 0.15) is 16.5 Å². The molecule has 0 radical (unpaired) electrons. The first-order chi connectivity index (χ1) is 8.63. The third kappa shape index (κ3) is 2.09. The smallest absolute Gasteiger partial charge is 0.135 e. The molecule has 0 spiro atoms. The molecule has 0 bridgehead atoms. The van der Waals surface area contributed by atoms with E-state index in [1.54, 1.807) is 11.3 Å². The van der Waals surface area contributed by atoms with E-state index in [-0.39, 0.29) is 0 Å². The van der Waals surface area contributed by atoms with Gasteiger partial charge in [0, 0.05) is 10.8 Å². The number of rotatable bonds is 1. The van der Waals surface area contributed by atoms with Gasteiger partial charge >= 0.3 is 0 Å². The van der Waals surface area contributed by atoms with E-state index in [4.69, 9.17) is 10.7 Å². The molecule has 2 N–H and O–H groups in total. The Kier molecular flexibility index (Phi) is 2.98. The maximum atomic E-state index is 6.07. The molecule has 0 aromatic carbocycles. The average Bonchev–Trinajstić information content (AvgIpc) is 2.70. The first-order valence-electron chi connectivity index (χ1n) is 6.67. The van der Waals surface area contributed by atoms with Crippen molar-refractivity contribution in [2.24, 2.45) is 5.92 Å². The Bertz CT molecular complexity index is 576. The van der Waals surface area contributed by atoms with Gasteiger partial charge in [-0.1, -0.05) is 19.8 Å². The lowest BCUT2D eigenvalue weighted by atomic mass is 9.82. The summed E-state index contributed by atoms with van der Waals surface area (Å²) in [7, 11) is 0. The molecule has 2 heterocycles. The van der Waals surface area contributed by atoms with Gasteiger partial charge in [-0.25, -0.2) is 9.97 Å². The molecule has 1 fully saturated rings.